The second-order valence-electron chi connectivity index (χ2n) is 10.2. The molecule has 5 nitrogen and oxygen atoms in total. The topological polar surface area (TPSA) is 56.4 Å². The standard InChI is InChI=1S/C28H31N3O2/c1-17(2)18-11-13-19(14-12-18)27-26-22(21-9-5-6-10-23(21)29-26)15-24-28(33)30(16-25(32)31(24)27)20-7-3-4-8-20/h5-6,9-14,17,20,24,27,29H,3-4,7-8,15-16H2,1-2H3/t24-,27+/m0/s1. The molecule has 33 heavy (non-hydrogen) atoms. The number of aromatic amines is 1. The van der Waals surface area contributed by atoms with Crippen LogP contribution in [0.3, 0.4) is 0 Å². The molecule has 1 aromatic heterocycles. The SMILES string of the molecule is CC(C)c1ccc([C@@H]2c3[nH]c4ccccc4c3C[C@H]3C(=O)N(C4CCCC4)CC(=O)N23)cc1. The van der Waals surface area contributed by atoms with E-state index in [-0.39, 0.29) is 30.4 Å². The Kier molecular flexibility index (Phi) is 4.82. The first-order valence-electron chi connectivity index (χ1n) is 12.3. The molecule has 1 N–H and O–H groups in total. The van der Waals surface area contributed by atoms with Crippen molar-refractivity contribution < 1.29 is 9.59 Å². The lowest BCUT2D eigenvalue weighted by Gasteiger charge is -2.48. The molecule has 1 saturated heterocycles. The highest BCUT2D eigenvalue weighted by Crippen LogP contribution is 2.43. The molecule has 2 amide bonds. The molecular formula is C28H31N3O2. The van der Waals surface area contributed by atoms with Gasteiger partial charge < -0.3 is 14.8 Å². The minimum absolute atomic E-state index is 0.0637. The van der Waals surface area contributed by atoms with Crippen molar-refractivity contribution in [3.63, 3.8) is 0 Å². The summed E-state index contributed by atoms with van der Waals surface area (Å²) in [5.74, 6) is 0.634. The van der Waals surface area contributed by atoms with E-state index >= 15 is 0 Å². The molecule has 2 aliphatic heterocycles. The number of H-pyrrole nitrogens is 1. The fraction of sp³-hybridized carbons (Fsp3) is 0.429. The van der Waals surface area contributed by atoms with Crippen molar-refractivity contribution >= 4 is 22.7 Å². The number of carbonyl (C=O) groups excluding carboxylic acids is 2. The maximum atomic E-state index is 13.8. The Hall–Kier alpha value is -3.08. The maximum Gasteiger partial charge on any atom is 0.246 e. The molecule has 2 atom stereocenters. The van der Waals surface area contributed by atoms with Crippen molar-refractivity contribution in [2.75, 3.05) is 6.54 Å². The molecule has 3 heterocycles. The van der Waals surface area contributed by atoms with E-state index in [2.05, 4.69) is 55.2 Å². The fourth-order valence-electron chi connectivity index (χ4n) is 6.22. The first-order chi connectivity index (χ1) is 16.0. The van der Waals surface area contributed by atoms with Gasteiger partial charge in [0, 0.05) is 29.1 Å². The van der Waals surface area contributed by atoms with Gasteiger partial charge in [-0.1, -0.05) is 69.2 Å². The number of benzene rings is 2. The summed E-state index contributed by atoms with van der Waals surface area (Å²) in [5.41, 5.74) is 5.64. The number of aromatic nitrogens is 1. The highest BCUT2D eigenvalue weighted by molar-refractivity contribution is 5.97. The summed E-state index contributed by atoms with van der Waals surface area (Å²) in [5, 5.41) is 1.16. The van der Waals surface area contributed by atoms with Crippen LogP contribution < -0.4 is 0 Å². The quantitative estimate of drug-likeness (QED) is 0.627. The van der Waals surface area contributed by atoms with Crippen LogP contribution in [0.1, 0.15) is 73.9 Å². The highest BCUT2D eigenvalue weighted by Gasteiger charge is 2.49. The Morgan fingerprint density at radius 1 is 0.970 bits per heavy atom. The highest BCUT2D eigenvalue weighted by atomic mass is 16.2. The number of fused-ring (bicyclic) bond motifs is 4. The van der Waals surface area contributed by atoms with Gasteiger partial charge in [-0.15, -0.1) is 0 Å². The van der Waals surface area contributed by atoms with Gasteiger partial charge in [0.25, 0.3) is 0 Å². The third kappa shape index (κ3) is 3.20. The first-order valence-corrected chi connectivity index (χ1v) is 12.3. The number of hydrogen-bond donors (Lipinski definition) is 1. The van der Waals surface area contributed by atoms with Crippen molar-refractivity contribution in [2.24, 2.45) is 0 Å². The van der Waals surface area contributed by atoms with Crippen molar-refractivity contribution in [1.29, 1.82) is 0 Å². The minimum Gasteiger partial charge on any atom is -0.356 e. The predicted molar refractivity (Wildman–Crippen MR) is 129 cm³/mol. The average Bonchev–Trinajstić information content (AvgIpc) is 3.48. The zero-order valence-corrected chi connectivity index (χ0v) is 19.4. The van der Waals surface area contributed by atoms with Crippen LogP contribution >= 0.6 is 0 Å². The van der Waals surface area contributed by atoms with Crippen LogP contribution in [0, 0.1) is 0 Å². The van der Waals surface area contributed by atoms with Crippen LogP contribution in [-0.4, -0.2) is 45.2 Å². The summed E-state index contributed by atoms with van der Waals surface area (Å²) in [6, 6.07) is 16.4. The Balaban J connectivity index is 1.49. The summed E-state index contributed by atoms with van der Waals surface area (Å²) in [7, 11) is 0. The summed E-state index contributed by atoms with van der Waals surface area (Å²) >= 11 is 0. The lowest BCUT2D eigenvalue weighted by molar-refractivity contribution is -0.160. The molecule has 5 heteroatoms. The molecule has 2 fully saturated rings. The molecule has 0 spiro atoms. The van der Waals surface area contributed by atoms with Gasteiger partial charge in [0.15, 0.2) is 0 Å². The molecule has 170 valence electrons. The summed E-state index contributed by atoms with van der Waals surface area (Å²) in [4.78, 5) is 34.8. The summed E-state index contributed by atoms with van der Waals surface area (Å²) in [6.45, 7) is 4.58. The predicted octanol–water partition coefficient (Wildman–Crippen LogP) is 4.92. The minimum atomic E-state index is -0.437. The van der Waals surface area contributed by atoms with E-state index in [1.54, 1.807) is 0 Å². The van der Waals surface area contributed by atoms with Crippen LogP contribution in [0.25, 0.3) is 10.9 Å². The van der Waals surface area contributed by atoms with Crippen molar-refractivity contribution in [3.05, 3.63) is 70.9 Å². The Morgan fingerprint density at radius 3 is 2.42 bits per heavy atom. The Labute approximate surface area is 194 Å². The van der Waals surface area contributed by atoms with E-state index in [0.717, 1.165) is 47.8 Å². The number of piperazine rings is 1. The van der Waals surface area contributed by atoms with Crippen molar-refractivity contribution in [3.8, 4) is 0 Å². The molecule has 2 aromatic carbocycles. The number of rotatable bonds is 3. The van der Waals surface area contributed by atoms with Crippen molar-refractivity contribution in [1.82, 2.24) is 14.8 Å². The number of para-hydroxylation sites is 1. The molecule has 0 bridgehead atoms. The van der Waals surface area contributed by atoms with Gasteiger partial charge >= 0.3 is 0 Å². The van der Waals surface area contributed by atoms with Crippen molar-refractivity contribution in [2.45, 2.75) is 70.0 Å². The number of carbonyl (C=O) groups is 2. The van der Waals surface area contributed by atoms with Gasteiger partial charge in [-0.05, 0) is 41.5 Å². The van der Waals surface area contributed by atoms with Gasteiger partial charge in [-0.2, -0.15) is 0 Å². The second-order valence-corrected chi connectivity index (χ2v) is 10.2. The first kappa shape index (κ1) is 20.5. The molecule has 6 rings (SSSR count). The second kappa shape index (κ2) is 7.75. The van der Waals surface area contributed by atoms with Gasteiger partial charge in [-0.3, -0.25) is 9.59 Å². The van der Waals surface area contributed by atoms with Crippen LogP contribution in [0.15, 0.2) is 48.5 Å². The van der Waals surface area contributed by atoms with E-state index in [4.69, 9.17) is 0 Å². The lowest BCUT2D eigenvalue weighted by Crippen LogP contribution is -2.64. The van der Waals surface area contributed by atoms with Crippen LogP contribution in [-0.2, 0) is 16.0 Å². The molecular weight excluding hydrogens is 410 g/mol. The zero-order chi connectivity index (χ0) is 22.7. The molecule has 3 aromatic rings. The molecule has 1 aliphatic carbocycles. The van der Waals surface area contributed by atoms with E-state index in [9.17, 15) is 9.59 Å². The number of nitrogens with zero attached hydrogens (tertiary/aromatic N) is 2. The molecule has 0 radical (unpaired) electrons. The third-order valence-electron chi connectivity index (χ3n) is 7.98. The van der Waals surface area contributed by atoms with Gasteiger partial charge in [0.1, 0.15) is 12.6 Å². The van der Waals surface area contributed by atoms with Crippen LogP contribution in [0.5, 0.6) is 0 Å². The van der Waals surface area contributed by atoms with E-state index in [1.165, 1.54) is 11.1 Å². The monoisotopic (exact) mass is 441 g/mol. The van der Waals surface area contributed by atoms with E-state index in [1.807, 2.05) is 21.9 Å². The Bertz CT molecular complexity index is 1220. The number of amides is 2. The maximum absolute atomic E-state index is 13.8. The summed E-state index contributed by atoms with van der Waals surface area (Å²) in [6.07, 6.45) is 4.91. The summed E-state index contributed by atoms with van der Waals surface area (Å²) < 4.78 is 0. The normalized spacial score (nSPS) is 23.5. The molecule has 3 aliphatic rings. The largest absolute Gasteiger partial charge is 0.356 e. The van der Waals surface area contributed by atoms with Crippen LogP contribution in [0.4, 0.5) is 0 Å². The van der Waals surface area contributed by atoms with Gasteiger partial charge in [0.2, 0.25) is 11.8 Å². The van der Waals surface area contributed by atoms with Gasteiger partial charge in [0.05, 0.1) is 6.04 Å². The lowest BCUT2D eigenvalue weighted by atomic mass is 9.85. The number of hydrogen-bond acceptors (Lipinski definition) is 2. The average molecular weight is 442 g/mol. The molecule has 1 saturated carbocycles. The fourth-order valence-corrected chi connectivity index (χ4v) is 6.22. The van der Waals surface area contributed by atoms with E-state index < -0.39 is 6.04 Å². The number of nitrogens with one attached hydrogen (secondary N) is 1. The molecule has 0 unspecified atom stereocenters. The third-order valence-corrected chi connectivity index (χ3v) is 7.98. The van der Waals surface area contributed by atoms with Gasteiger partial charge in [-0.25, -0.2) is 0 Å². The Morgan fingerprint density at radius 2 is 1.70 bits per heavy atom. The van der Waals surface area contributed by atoms with E-state index in [0.29, 0.717) is 12.3 Å². The van der Waals surface area contributed by atoms with Crippen LogP contribution in [0.2, 0.25) is 0 Å². The smallest absolute Gasteiger partial charge is 0.246 e. The zero-order valence-electron chi connectivity index (χ0n) is 19.4.